The van der Waals surface area contributed by atoms with Gasteiger partial charge in [-0.15, -0.1) is 0 Å². The van der Waals surface area contributed by atoms with Crippen LogP contribution < -0.4 is 5.32 Å². The number of nitrogens with zero attached hydrogens (tertiary/aromatic N) is 2. The highest BCUT2D eigenvalue weighted by molar-refractivity contribution is 4.93. The Labute approximate surface area is 82.8 Å². The summed E-state index contributed by atoms with van der Waals surface area (Å²) >= 11 is 0. The van der Waals surface area contributed by atoms with Gasteiger partial charge in [0.05, 0.1) is 6.04 Å². The van der Waals surface area contributed by atoms with E-state index in [9.17, 15) is 0 Å². The lowest BCUT2D eigenvalue weighted by atomic mass is 10.1. The Balaban J connectivity index is 2.00. The maximum atomic E-state index is 5.15. The molecular weight excluding hydrogens is 182 g/mol. The van der Waals surface area contributed by atoms with Crippen LogP contribution in [0.3, 0.4) is 0 Å². The fourth-order valence-corrected chi connectivity index (χ4v) is 1.66. The van der Waals surface area contributed by atoms with Crippen molar-refractivity contribution in [2.45, 2.75) is 31.9 Å². The molecule has 0 spiro atoms. The molecular formula is C9H15N3O2. The molecule has 0 radical (unpaired) electrons. The summed E-state index contributed by atoms with van der Waals surface area (Å²) in [6.07, 6.45) is 3.53. The van der Waals surface area contributed by atoms with Gasteiger partial charge < -0.3 is 14.6 Å². The van der Waals surface area contributed by atoms with E-state index in [0.29, 0.717) is 18.3 Å². The first-order valence-electron chi connectivity index (χ1n) is 4.95. The molecule has 2 heterocycles. The van der Waals surface area contributed by atoms with Crippen molar-refractivity contribution < 1.29 is 9.26 Å². The predicted molar refractivity (Wildman–Crippen MR) is 49.6 cm³/mol. The van der Waals surface area contributed by atoms with Crippen molar-refractivity contribution in [3.8, 4) is 0 Å². The summed E-state index contributed by atoms with van der Waals surface area (Å²) in [6.45, 7) is 1.45. The molecule has 0 unspecified atom stereocenters. The molecule has 0 amide bonds. The van der Waals surface area contributed by atoms with Crippen LogP contribution in [0.15, 0.2) is 4.52 Å². The van der Waals surface area contributed by atoms with Gasteiger partial charge in [0, 0.05) is 7.11 Å². The molecule has 1 aliphatic heterocycles. The summed E-state index contributed by atoms with van der Waals surface area (Å²) in [7, 11) is 1.62. The molecule has 1 aromatic rings. The summed E-state index contributed by atoms with van der Waals surface area (Å²) in [5, 5.41) is 7.18. The van der Waals surface area contributed by atoms with Crippen LogP contribution in [0.5, 0.6) is 0 Å². The van der Waals surface area contributed by atoms with Gasteiger partial charge in [-0.2, -0.15) is 4.98 Å². The molecule has 78 valence electrons. The lowest BCUT2D eigenvalue weighted by Crippen LogP contribution is -2.27. The van der Waals surface area contributed by atoms with Crippen molar-refractivity contribution in [3.63, 3.8) is 0 Å². The SMILES string of the molecule is COCc1noc([C@@H]2CCCCN2)n1. The van der Waals surface area contributed by atoms with Gasteiger partial charge in [-0.3, -0.25) is 0 Å². The van der Waals surface area contributed by atoms with Crippen molar-refractivity contribution in [2.24, 2.45) is 0 Å². The molecule has 1 atom stereocenters. The number of methoxy groups -OCH3 is 1. The molecule has 5 heteroatoms. The van der Waals surface area contributed by atoms with Crippen LogP contribution in [0, 0.1) is 0 Å². The molecule has 1 aromatic heterocycles. The smallest absolute Gasteiger partial charge is 0.243 e. The van der Waals surface area contributed by atoms with Crippen molar-refractivity contribution in [2.75, 3.05) is 13.7 Å². The number of rotatable bonds is 3. The molecule has 0 aliphatic carbocycles. The van der Waals surface area contributed by atoms with Crippen molar-refractivity contribution in [1.29, 1.82) is 0 Å². The molecule has 1 aliphatic rings. The fourth-order valence-electron chi connectivity index (χ4n) is 1.66. The molecule has 0 bridgehead atoms. The van der Waals surface area contributed by atoms with Gasteiger partial charge in [-0.25, -0.2) is 0 Å². The largest absolute Gasteiger partial charge is 0.377 e. The van der Waals surface area contributed by atoms with Crippen LogP contribution >= 0.6 is 0 Å². The van der Waals surface area contributed by atoms with E-state index in [1.807, 2.05) is 0 Å². The molecule has 1 N–H and O–H groups in total. The molecule has 1 fully saturated rings. The minimum atomic E-state index is 0.238. The third-order valence-electron chi connectivity index (χ3n) is 2.37. The molecule has 0 aromatic carbocycles. The lowest BCUT2D eigenvalue weighted by molar-refractivity contribution is 0.174. The number of piperidine rings is 1. The first-order valence-corrected chi connectivity index (χ1v) is 4.95. The van der Waals surface area contributed by atoms with Gasteiger partial charge in [-0.05, 0) is 19.4 Å². The van der Waals surface area contributed by atoms with Crippen molar-refractivity contribution in [1.82, 2.24) is 15.5 Å². The second-order valence-corrected chi connectivity index (χ2v) is 3.48. The van der Waals surface area contributed by atoms with Crippen LogP contribution in [0.1, 0.15) is 37.0 Å². The van der Waals surface area contributed by atoms with Gasteiger partial charge in [0.15, 0.2) is 5.82 Å². The first kappa shape index (κ1) is 9.61. The van der Waals surface area contributed by atoms with Crippen molar-refractivity contribution >= 4 is 0 Å². The third-order valence-corrected chi connectivity index (χ3v) is 2.37. The highest BCUT2D eigenvalue weighted by Crippen LogP contribution is 2.21. The predicted octanol–water partition coefficient (Wildman–Crippen LogP) is 1.03. The maximum absolute atomic E-state index is 5.15. The van der Waals surface area contributed by atoms with E-state index in [1.165, 1.54) is 12.8 Å². The van der Waals surface area contributed by atoms with Crippen LogP contribution in [-0.4, -0.2) is 23.8 Å². The van der Waals surface area contributed by atoms with Gasteiger partial charge in [-0.1, -0.05) is 11.6 Å². The van der Waals surface area contributed by atoms with E-state index in [4.69, 9.17) is 9.26 Å². The highest BCUT2D eigenvalue weighted by Gasteiger charge is 2.20. The number of hydrogen-bond acceptors (Lipinski definition) is 5. The van der Waals surface area contributed by atoms with Crippen LogP contribution in [0.25, 0.3) is 0 Å². The van der Waals surface area contributed by atoms with E-state index < -0.39 is 0 Å². The summed E-state index contributed by atoms with van der Waals surface area (Å²) in [6, 6.07) is 0.238. The van der Waals surface area contributed by atoms with E-state index in [-0.39, 0.29) is 6.04 Å². The zero-order valence-electron chi connectivity index (χ0n) is 8.32. The fraction of sp³-hybridized carbons (Fsp3) is 0.778. The minimum Gasteiger partial charge on any atom is -0.377 e. The topological polar surface area (TPSA) is 60.2 Å². The summed E-state index contributed by atoms with van der Waals surface area (Å²) in [5.41, 5.74) is 0. The van der Waals surface area contributed by atoms with Gasteiger partial charge in [0.25, 0.3) is 0 Å². The number of aromatic nitrogens is 2. The van der Waals surface area contributed by atoms with E-state index in [0.717, 1.165) is 13.0 Å². The maximum Gasteiger partial charge on any atom is 0.243 e. The Morgan fingerprint density at radius 2 is 2.50 bits per heavy atom. The highest BCUT2D eigenvalue weighted by atomic mass is 16.5. The molecule has 0 saturated carbocycles. The number of ether oxygens (including phenoxy) is 1. The normalized spacial score (nSPS) is 22.5. The Hall–Kier alpha value is -0.940. The number of nitrogens with one attached hydrogen (secondary N) is 1. The van der Waals surface area contributed by atoms with Crippen molar-refractivity contribution in [3.05, 3.63) is 11.7 Å². The summed E-state index contributed by atoms with van der Waals surface area (Å²) in [4.78, 5) is 4.26. The van der Waals surface area contributed by atoms with Gasteiger partial charge in [0.2, 0.25) is 5.89 Å². The summed E-state index contributed by atoms with van der Waals surface area (Å²) < 4.78 is 10.1. The quantitative estimate of drug-likeness (QED) is 0.784. The van der Waals surface area contributed by atoms with Gasteiger partial charge in [0.1, 0.15) is 6.61 Å². The molecule has 1 saturated heterocycles. The average molecular weight is 197 g/mol. The monoisotopic (exact) mass is 197 g/mol. The second kappa shape index (κ2) is 4.52. The zero-order valence-corrected chi connectivity index (χ0v) is 8.32. The Morgan fingerprint density at radius 3 is 3.21 bits per heavy atom. The van der Waals surface area contributed by atoms with E-state index in [1.54, 1.807) is 7.11 Å². The zero-order chi connectivity index (χ0) is 9.80. The average Bonchev–Trinajstić information content (AvgIpc) is 2.68. The Kier molecular flexibility index (Phi) is 3.10. The molecule has 5 nitrogen and oxygen atoms in total. The third kappa shape index (κ3) is 2.10. The first-order chi connectivity index (χ1) is 6.90. The van der Waals surface area contributed by atoms with Crippen LogP contribution in [0.2, 0.25) is 0 Å². The second-order valence-electron chi connectivity index (χ2n) is 3.48. The summed E-state index contributed by atoms with van der Waals surface area (Å²) in [5.74, 6) is 1.31. The van der Waals surface area contributed by atoms with E-state index in [2.05, 4.69) is 15.5 Å². The Morgan fingerprint density at radius 1 is 1.57 bits per heavy atom. The minimum absolute atomic E-state index is 0.238. The lowest BCUT2D eigenvalue weighted by Gasteiger charge is -2.19. The molecule has 14 heavy (non-hydrogen) atoms. The number of hydrogen-bond donors (Lipinski definition) is 1. The van der Waals surface area contributed by atoms with Gasteiger partial charge >= 0.3 is 0 Å². The standard InChI is InChI=1S/C9H15N3O2/c1-13-6-8-11-9(14-12-8)7-4-2-3-5-10-7/h7,10H,2-6H2,1H3/t7-/m0/s1. The van der Waals surface area contributed by atoms with Crippen LogP contribution in [-0.2, 0) is 11.3 Å². The van der Waals surface area contributed by atoms with E-state index >= 15 is 0 Å². The van der Waals surface area contributed by atoms with Crippen LogP contribution in [0.4, 0.5) is 0 Å². The molecule has 2 rings (SSSR count). The Bertz CT molecular complexity index is 281.